The minimum Gasteiger partial charge on any atom is -0.405 e. The van der Waals surface area contributed by atoms with Gasteiger partial charge in [0.1, 0.15) is 0 Å². The summed E-state index contributed by atoms with van der Waals surface area (Å²) >= 11 is 1.96. The van der Waals surface area contributed by atoms with Gasteiger partial charge in [0, 0.05) is 31.0 Å². The van der Waals surface area contributed by atoms with Crippen molar-refractivity contribution < 1.29 is 0 Å². The molecule has 0 fully saturated rings. The highest BCUT2D eigenvalue weighted by Crippen LogP contribution is 2.56. The normalized spacial score (nSPS) is 16.3. The fraction of sp³-hybridized carbons (Fsp3) is 0.167. The van der Waals surface area contributed by atoms with E-state index in [9.17, 15) is 0 Å². The average molecular weight is 510 g/mol. The quantitative estimate of drug-likeness (QED) is 0.241. The van der Waals surface area contributed by atoms with Crippen LogP contribution in [0.2, 0.25) is 0 Å². The maximum absolute atomic E-state index is 5.49. The van der Waals surface area contributed by atoms with Crippen LogP contribution >= 0.6 is 11.3 Å². The predicted molar refractivity (Wildman–Crippen MR) is 166 cm³/mol. The van der Waals surface area contributed by atoms with Gasteiger partial charge in [-0.2, -0.15) is 0 Å². The highest BCUT2D eigenvalue weighted by molar-refractivity contribution is 7.26. The maximum atomic E-state index is 5.49. The van der Waals surface area contributed by atoms with Crippen molar-refractivity contribution in [2.45, 2.75) is 38.5 Å². The molecule has 0 bridgehead atoms. The van der Waals surface area contributed by atoms with Gasteiger partial charge < -0.3 is 5.73 Å². The molecule has 2 heteroatoms. The highest BCUT2D eigenvalue weighted by Gasteiger charge is 2.39. The standard InChI is InChI=1S/C36H31NS/c1-21(10-8-9-17-37)22-13-14-24-25-15-16-26-28-19-27-23-11-6-7-12-29(23)35(2,3)31(27)20-32(28)38-34(26)33(25)36(4,5)30(24)18-22/h6-20H,1,37H2,2-5H3/b10-8-,17-9-. The summed E-state index contributed by atoms with van der Waals surface area (Å²) in [5, 5.41) is 2.74. The molecule has 7 rings (SSSR count). The van der Waals surface area contributed by atoms with Gasteiger partial charge in [-0.1, -0.05) is 95.0 Å². The first-order valence-electron chi connectivity index (χ1n) is 13.3. The first-order valence-corrected chi connectivity index (χ1v) is 14.1. The molecule has 5 aromatic rings. The number of benzene rings is 4. The number of thiophene rings is 1. The SMILES string of the molecule is C=C(/C=C\C=C/N)c1ccc2c(c1)C(C)(C)c1c-2ccc2c1sc1cc3c(cc12)-c1ccccc1C3(C)C. The highest BCUT2D eigenvalue weighted by atomic mass is 32.1. The molecule has 0 saturated carbocycles. The first kappa shape index (κ1) is 23.3. The van der Waals surface area contributed by atoms with Crippen molar-refractivity contribution in [3.63, 3.8) is 0 Å². The minimum atomic E-state index is -0.100. The van der Waals surface area contributed by atoms with Crippen molar-refractivity contribution in [1.29, 1.82) is 0 Å². The van der Waals surface area contributed by atoms with Gasteiger partial charge in [0.05, 0.1) is 0 Å². The van der Waals surface area contributed by atoms with E-state index >= 15 is 0 Å². The van der Waals surface area contributed by atoms with E-state index in [4.69, 9.17) is 5.73 Å². The van der Waals surface area contributed by atoms with Gasteiger partial charge in [-0.3, -0.25) is 0 Å². The summed E-state index contributed by atoms with van der Waals surface area (Å²) in [7, 11) is 0. The zero-order valence-corrected chi connectivity index (χ0v) is 23.2. The monoisotopic (exact) mass is 509 g/mol. The minimum absolute atomic E-state index is 0.0148. The molecule has 0 saturated heterocycles. The Kier molecular flexibility index (Phi) is 4.78. The summed E-state index contributed by atoms with van der Waals surface area (Å²) in [6.45, 7) is 13.8. The zero-order chi connectivity index (χ0) is 26.4. The Morgan fingerprint density at radius 1 is 0.737 bits per heavy atom. The zero-order valence-electron chi connectivity index (χ0n) is 22.4. The van der Waals surface area contributed by atoms with E-state index in [1.807, 2.05) is 29.6 Å². The van der Waals surface area contributed by atoms with Crippen LogP contribution in [0.1, 0.15) is 55.5 Å². The summed E-state index contributed by atoms with van der Waals surface area (Å²) < 4.78 is 2.80. The van der Waals surface area contributed by atoms with Crippen LogP contribution in [0, 0.1) is 0 Å². The number of fused-ring (bicyclic) bond motifs is 10. The molecule has 0 amide bonds. The molecular formula is C36H31NS. The van der Waals surface area contributed by atoms with Gasteiger partial charge in [-0.25, -0.2) is 0 Å². The Morgan fingerprint density at radius 2 is 1.47 bits per heavy atom. The molecule has 186 valence electrons. The lowest BCUT2D eigenvalue weighted by molar-refractivity contribution is 0.661. The third-order valence-electron chi connectivity index (χ3n) is 8.84. The van der Waals surface area contributed by atoms with Crippen molar-refractivity contribution in [3.8, 4) is 22.3 Å². The molecule has 38 heavy (non-hydrogen) atoms. The van der Waals surface area contributed by atoms with Crippen molar-refractivity contribution >= 4 is 37.1 Å². The second kappa shape index (κ2) is 7.82. The van der Waals surface area contributed by atoms with Gasteiger partial charge in [0.25, 0.3) is 0 Å². The lowest BCUT2D eigenvalue weighted by Crippen LogP contribution is -2.15. The van der Waals surface area contributed by atoms with Crippen molar-refractivity contribution in [1.82, 2.24) is 0 Å². The van der Waals surface area contributed by atoms with Crippen LogP contribution in [0.15, 0.2) is 97.7 Å². The third kappa shape index (κ3) is 2.98. The predicted octanol–water partition coefficient (Wildman–Crippen LogP) is 9.71. The first-order chi connectivity index (χ1) is 18.2. The van der Waals surface area contributed by atoms with Gasteiger partial charge in [-0.05, 0) is 86.1 Å². The Hall–Kier alpha value is -3.88. The summed E-state index contributed by atoms with van der Waals surface area (Å²) in [5.74, 6) is 0. The van der Waals surface area contributed by atoms with Crippen LogP contribution in [0.4, 0.5) is 0 Å². The van der Waals surface area contributed by atoms with Crippen molar-refractivity contribution in [3.05, 3.63) is 126 Å². The Balaban J connectivity index is 1.42. The largest absolute Gasteiger partial charge is 0.405 e. The second-order valence-corrected chi connectivity index (χ2v) is 12.7. The van der Waals surface area contributed by atoms with Gasteiger partial charge >= 0.3 is 0 Å². The van der Waals surface area contributed by atoms with Crippen LogP contribution in [0.25, 0.3) is 48.0 Å². The summed E-state index contributed by atoms with van der Waals surface area (Å²) in [6, 6.07) is 25.4. The summed E-state index contributed by atoms with van der Waals surface area (Å²) in [4.78, 5) is 0. The Labute approximate surface area is 228 Å². The van der Waals surface area contributed by atoms with Crippen molar-refractivity contribution in [2.75, 3.05) is 0 Å². The molecule has 1 nitrogen and oxygen atoms in total. The second-order valence-electron chi connectivity index (χ2n) is 11.7. The summed E-state index contributed by atoms with van der Waals surface area (Å²) in [5.41, 5.74) is 18.7. The van der Waals surface area contributed by atoms with Crippen LogP contribution in [-0.4, -0.2) is 0 Å². The molecule has 0 spiro atoms. The topological polar surface area (TPSA) is 26.0 Å². The molecule has 4 aromatic carbocycles. The molecule has 2 N–H and O–H groups in total. The van der Waals surface area contributed by atoms with Crippen LogP contribution in [0.3, 0.4) is 0 Å². The van der Waals surface area contributed by atoms with E-state index in [1.54, 1.807) is 0 Å². The van der Waals surface area contributed by atoms with E-state index in [2.05, 4.69) is 101 Å². The maximum Gasteiger partial charge on any atom is 0.0402 e. The number of rotatable bonds is 3. The van der Waals surface area contributed by atoms with Crippen LogP contribution < -0.4 is 5.73 Å². The van der Waals surface area contributed by atoms with Gasteiger partial charge in [0.2, 0.25) is 0 Å². The molecule has 1 aromatic heterocycles. The van der Waals surface area contributed by atoms with E-state index in [1.165, 1.54) is 70.9 Å². The molecule has 2 aliphatic carbocycles. The van der Waals surface area contributed by atoms with E-state index in [0.29, 0.717) is 0 Å². The van der Waals surface area contributed by atoms with Gasteiger partial charge in [-0.15, -0.1) is 11.3 Å². The molecule has 0 radical (unpaired) electrons. The third-order valence-corrected chi connectivity index (χ3v) is 10.0. The molecule has 0 atom stereocenters. The van der Waals surface area contributed by atoms with Crippen LogP contribution in [-0.2, 0) is 10.8 Å². The Morgan fingerprint density at radius 3 is 2.29 bits per heavy atom. The van der Waals surface area contributed by atoms with E-state index in [0.717, 1.165) is 11.1 Å². The molecule has 1 heterocycles. The number of allylic oxidation sites excluding steroid dienone is 4. The molecular weight excluding hydrogens is 478 g/mol. The number of hydrogen-bond acceptors (Lipinski definition) is 2. The van der Waals surface area contributed by atoms with Gasteiger partial charge in [0.15, 0.2) is 0 Å². The average Bonchev–Trinajstić information content (AvgIpc) is 3.47. The molecule has 2 aliphatic rings. The molecule has 0 unspecified atom stereocenters. The molecule has 0 aliphatic heterocycles. The lowest BCUT2D eigenvalue weighted by Gasteiger charge is -2.22. The fourth-order valence-electron chi connectivity index (χ4n) is 6.84. The van der Waals surface area contributed by atoms with E-state index in [-0.39, 0.29) is 10.8 Å². The number of hydrogen-bond donors (Lipinski definition) is 1. The lowest BCUT2D eigenvalue weighted by atomic mass is 9.81. The Bertz CT molecular complexity index is 1890. The smallest absolute Gasteiger partial charge is 0.0402 e. The van der Waals surface area contributed by atoms with Crippen molar-refractivity contribution in [2.24, 2.45) is 5.73 Å². The summed E-state index contributed by atoms with van der Waals surface area (Å²) in [6.07, 6.45) is 7.32. The van der Waals surface area contributed by atoms with E-state index < -0.39 is 0 Å². The van der Waals surface area contributed by atoms with Crippen LogP contribution in [0.5, 0.6) is 0 Å². The number of nitrogens with two attached hydrogens (primary N) is 1. The fourth-order valence-corrected chi connectivity index (χ4v) is 8.27.